The van der Waals surface area contributed by atoms with Gasteiger partial charge < -0.3 is 10.0 Å². The smallest absolute Gasteiger partial charge is 0.238 e. The molecule has 19 heavy (non-hydrogen) atoms. The molecule has 1 saturated carbocycles. The van der Waals surface area contributed by atoms with E-state index in [0.717, 1.165) is 18.4 Å². The van der Waals surface area contributed by atoms with Gasteiger partial charge >= 0.3 is 0 Å². The highest BCUT2D eigenvalue weighted by atomic mass is 35.5. The predicted octanol–water partition coefficient (Wildman–Crippen LogP) is 3.29. The van der Waals surface area contributed by atoms with Crippen molar-refractivity contribution < 1.29 is 9.90 Å². The lowest BCUT2D eigenvalue weighted by Gasteiger charge is -2.34. The number of hydrogen-bond donors (Lipinski definition) is 1. The van der Waals surface area contributed by atoms with Crippen molar-refractivity contribution in [1.29, 1.82) is 0 Å². The molecule has 0 unspecified atom stereocenters. The highest BCUT2D eigenvalue weighted by molar-refractivity contribution is 6.27. The average Bonchev–Trinajstić information content (AvgIpc) is 2.47. The zero-order valence-electron chi connectivity index (χ0n) is 11.0. The van der Waals surface area contributed by atoms with Gasteiger partial charge in [-0.05, 0) is 30.5 Å². The summed E-state index contributed by atoms with van der Waals surface area (Å²) in [6.45, 7) is 0.580. The number of rotatable bonds is 4. The predicted molar refractivity (Wildman–Crippen MR) is 76.2 cm³/mol. The van der Waals surface area contributed by atoms with Crippen molar-refractivity contribution in [2.45, 2.75) is 44.7 Å². The number of amides is 1. The molecule has 1 aliphatic carbocycles. The van der Waals surface area contributed by atoms with Crippen LogP contribution in [0.3, 0.4) is 0 Å². The van der Waals surface area contributed by atoms with E-state index in [1.54, 1.807) is 12.1 Å². The van der Waals surface area contributed by atoms with Crippen molar-refractivity contribution in [3.05, 3.63) is 29.8 Å². The van der Waals surface area contributed by atoms with E-state index >= 15 is 0 Å². The number of benzene rings is 1. The zero-order valence-corrected chi connectivity index (χ0v) is 11.8. The molecular formula is C15H20ClNO2. The second-order valence-corrected chi connectivity index (χ2v) is 5.38. The van der Waals surface area contributed by atoms with Gasteiger partial charge in [0.2, 0.25) is 5.91 Å². The van der Waals surface area contributed by atoms with Gasteiger partial charge in [-0.15, -0.1) is 11.6 Å². The summed E-state index contributed by atoms with van der Waals surface area (Å²) in [6, 6.07) is 7.33. The van der Waals surface area contributed by atoms with E-state index in [1.807, 2.05) is 17.0 Å². The Hall–Kier alpha value is -1.22. The summed E-state index contributed by atoms with van der Waals surface area (Å²) in [4.78, 5) is 13.9. The van der Waals surface area contributed by atoms with E-state index in [9.17, 15) is 9.90 Å². The van der Waals surface area contributed by atoms with E-state index in [1.165, 1.54) is 19.3 Å². The van der Waals surface area contributed by atoms with Crippen LogP contribution in [-0.4, -0.2) is 27.8 Å². The standard InChI is InChI=1S/C15H20ClNO2/c16-10-15(19)17(13-4-2-1-3-5-13)11-12-6-8-14(18)9-7-12/h6-9,13,18H,1-5,10-11H2. The molecule has 1 fully saturated rings. The van der Waals surface area contributed by atoms with E-state index in [2.05, 4.69) is 0 Å². The second kappa shape index (κ2) is 6.80. The van der Waals surface area contributed by atoms with Crippen LogP contribution in [0.2, 0.25) is 0 Å². The minimum Gasteiger partial charge on any atom is -0.508 e. The van der Waals surface area contributed by atoms with Crippen LogP contribution in [0.1, 0.15) is 37.7 Å². The summed E-state index contributed by atoms with van der Waals surface area (Å²) < 4.78 is 0. The summed E-state index contributed by atoms with van der Waals surface area (Å²) in [5.74, 6) is 0.285. The highest BCUT2D eigenvalue weighted by Crippen LogP contribution is 2.24. The third-order valence-corrected chi connectivity index (χ3v) is 3.97. The Morgan fingerprint density at radius 1 is 1.21 bits per heavy atom. The summed E-state index contributed by atoms with van der Waals surface area (Å²) in [5, 5.41) is 9.29. The quantitative estimate of drug-likeness (QED) is 0.861. The topological polar surface area (TPSA) is 40.5 Å². The van der Waals surface area contributed by atoms with E-state index < -0.39 is 0 Å². The van der Waals surface area contributed by atoms with Gasteiger partial charge in [0.1, 0.15) is 11.6 Å². The second-order valence-electron chi connectivity index (χ2n) is 5.11. The lowest BCUT2D eigenvalue weighted by atomic mass is 9.94. The van der Waals surface area contributed by atoms with Crippen LogP contribution >= 0.6 is 11.6 Å². The van der Waals surface area contributed by atoms with Gasteiger partial charge in [-0.25, -0.2) is 0 Å². The first-order valence-electron chi connectivity index (χ1n) is 6.84. The molecule has 0 atom stereocenters. The first-order chi connectivity index (χ1) is 9.20. The molecule has 0 radical (unpaired) electrons. The van der Waals surface area contributed by atoms with Crippen LogP contribution in [0.15, 0.2) is 24.3 Å². The monoisotopic (exact) mass is 281 g/mol. The molecule has 0 aliphatic heterocycles. The summed E-state index contributed by atoms with van der Waals surface area (Å²) in [6.07, 6.45) is 5.78. The van der Waals surface area contributed by atoms with E-state index in [-0.39, 0.29) is 17.5 Å². The molecule has 1 N–H and O–H groups in total. The van der Waals surface area contributed by atoms with Crippen molar-refractivity contribution >= 4 is 17.5 Å². The van der Waals surface area contributed by atoms with Gasteiger partial charge in [-0.1, -0.05) is 31.4 Å². The van der Waals surface area contributed by atoms with Gasteiger partial charge in [-0.3, -0.25) is 4.79 Å². The van der Waals surface area contributed by atoms with Crippen molar-refractivity contribution in [1.82, 2.24) is 4.90 Å². The number of carbonyl (C=O) groups is 1. The maximum absolute atomic E-state index is 12.0. The summed E-state index contributed by atoms with van der Waals surface area (Å²) in [7, 11) is 0. The fourth-order valence-electron chi connectivity index (χ4n) is 2.69. The molecule has 3 nitrogen and oxygen atoms in total. The number of phenols is 1. The normalized spacial score (nSPS) is 16.3. The summed E-state index contributed by atoms with van der Waals surface area (Å²) in [5.41, 5.74) is 1.03. The summed E-state index contributed by atoms with van der Waals surface area (Å²) >= 11 is 5.73. The van der Waals surface area contributed by atoms with E-state index in [4.69, 9.17) is 11.6 Å². The Morgan fingerprint density at radius 2 is 1.84 bits per heavy atom. The Bertz CT molecular complexity index is 413. The molecular weight excluding hydrogens is 262 g/mol. The Morgan fingerprint density at radius 3 is 2.42 bits per heavy atom. The first-order valence-corrected chi connectivity index (χ1v) is 7.37. The van der Waals surface area contributed by atoms with Gasteiger partial charge in [-0.2, -0.15) is 0 Å². The van der Waals surface area contributed by atoms with Gasteiger partial charge in [0, 0.05) is 12.6 Å². The SMILES string of the molecule is O=C(CCl)N(Cc1ccc(O)cc1)C1CCCCC1. The van der Waals surface area contributed by atoms with Gasteiger partial charge in [0.25, 0.3) is 0 Å². The number of alkyl halides is 1. The molecule has 4 heteroatoms. The molecule has 0 spiro atoms. The Kier molecular flexibility index (Phi) is 5.08. The zero-order chi connectivity index (χ0) is 13.7. The third kappa shape index (κ3) is 3.87. The van der Waals surface area contributed by atoms with Crippen LogP contribution in [0.4, 0.5) is 0 Å². The molecule has 0 aromatic heterocycles. The fourth-order valence-corrected chi connectivity index (χ4v) is 2.84. The highest BCUT2D eigenvalue weighted by Gasteiger charge is 2.24. The van der Waals surface area contributed by atoms with Crippen molar-refractivity contribution in [2.75, 3.05) is 5.88 Å². The number of nitrogens with zero attached hydrogens (tertiary/aromatic N) is 1. The number of hydrogen-bond acceptors (Lipinski definition) is 2. The molecule has 0 saturated heterocycles. The fraction of sp³-hybridized carbons (Fsp3) is 0.533. The molecule has 1 amide bonds. The molecule has 104 valence electrons. The van der Waals surface area contributed by atoms with Crippen LogP contribution in [0.25, 0.3) is 0 Å². The van der Waals surface area contributed by atoms with E-state index in [0.29, 0.717) is 12.6 Å². The van der Waals surface area contributed by atoms with Crippen LogP contribution in [-0.2, 0) is 11.3 Å². The molecule has 1 aliphatic rings. The maximum atomic E-state index is 12.0. The lowest BCUT2D eigenvalue weighted by Crippen LogP contribution is -2.41. The first kappa shape index (κ1) is 14.2. The number of carbonyl (C=O) groups excluding carboxylic acids is 1. The van der Waals surface area contributed by atoms with Crippen molar-refractivity contribution in [3.8, 4) is 5.75 Å². The molecule has 1 aromatic carbocycles. The largest absolute Gasteiger partial charge is 0.508 e. The Balaban J connectivity index is 2.08. The van der Waals surface area contributed by atoms with Crippen molar-refractivity contribution in [2.24, 2.45) is 0 Å². The third-order valence-electron chi connectivity index (χ3n) is 3.74. The van der Waals surface area contributed by atoms with Gasteiger partial charge in [0.05, 0.1) is 0 Å². The Labute approximate surface area is 119 Å². The lowest BCUT2D eigenvalue weighted by molar-refractivity contribution is -0.132. The van der Waals surface area contributed by atoms with Crippen LogP contribution < -0.4 is 0 Å². The molecule has 0 heterocycles. The molecule has 1 aromatic rings. The molecule has 0 bridgehead atoms. The average molecular weight is 282 g/mol. The van der Waals surface area contributed by atoms with Crippen molar-refractivity contribution in [3.63, 3.8) is 0 Å². The molecule has 2 rings (SSSR count). The minimum absolute atomic E-state index is 0.00152. The van der Waals surface area contributed by atoms with Crippen LogP contribution in [0.5, 0.6) is 5.75 Å². The number of halogens is 1. The minimum atomic E-state index is 0.00152. The number of phenolic OH excluding ortho intramolecular Hbond substituents is 1. The van der Waals surface area contributed by atoms with Crippen LogP contribution in [0, 0.1) is 0 Å². The maximum Gasteiger partial charge on any atom is 0.238 e. The number of aromatic hydroxyl groups is 1. The van der Waals surface area contributed by atoms with Gasteiger partial charge in [0.15, 0.2) is 0 Å².